The number of urea groups is 1. The van der Waals surface area contributed by atoms with E-state index in [1.165, 1.54) is 4.90 Å². The Balaban J connectivity index is 1.82. The lowest BCUT2D eigenvalue weighted by Crippen LogP contribution is -2.37. The largest absolute Gasteiger partial charge is 0.329 e. The number of nitrogens with zero attached hydrogens (tertiary/aromatic N) is 2. The van der Waals surface area contributed by atoms with Gasteiger partial charge in [0.25, 0.3) is 0 Å². The predicted molar refractivity (Wildman–Crippen MR) is 104 cm³/mol. The Labute approximate surface area is 162 Å². The molecule has 5 nitrogen and oxygen atoms in total. The van der Waals surface area contributed by atoms with Crippen LogP contribution < -0.4 is 9.80 Å². The average Bonchev–Trinajstić information content (AvgIpc) is 2.99. The van der Waals surface area contributed by atoms with Crippen LogP contribution >= 0.6 is 23.2 Å². The number of carbonyl (C=O) groups excluding carboxylic acids is 1. The summed E-state index contributed by atoms with van der Waals surface area (Å²) in [7, 11) is -3.23. The van der Waals surface area contributed by atoms with Gasteiger partial charge < -0.3 is 0 Å². The van der Waals surface area contributed by atoms with Gasteiger partial charge in [-0.2, -0.15) is 0 Å². The summed E-state index contributed by atoms with van der Waals surface area (Å²) in [5.41, 5.74) is 2.25. The fourth-order valence-electron chi connectivity index (χ4n) is 3.72. The first-order chi connectivity index (χ1) is 12.3. The highest BCUT2D eigenvalue weighted by Gasteiger charge is 2.54. The molecule has 2 heterocycles. The minimum absolute atomic E-state index is 0.0465. The van der Waals surface area contributed by atoms with E-state index in [0.29, 0.717) is 21.4 Å². The molecule has 136 valence electrons. The van der Waals surface area contributed by atoms with Gasteiger partial charge in [-0.3, -0.25) is 9.80 Å². The van der Waals surface area contributed by atoms with E-state index in [0.717, 1.165) is 5.56 Å². The van der Waals surface area contributed by atoms with Crippen molar-refractivity contribution in [2.24, 2.45) is 0 Å². The molecule has 2 aliphatic heterocycles. The molecule has 0 radical (unpaired) electrons. The fourth-order valence-corrected chi connectivity index (χ4v) is 5.93. The maximum absolute atomic E-state index is 13.2. The number of aryl methyl sites for hydroxylation is 1. The molecule has 0 N–H and O–H groups in total. The van der Waals surface area contributed by atoms with Crippen LogP contribution in [0.15, 0.2) is 42.5 Å². The molecule has 0 spiro atoms. The molecule has 2 fully saturated rings. The highest BCUT2D eigenvalue weighted by Crippen LogP contribution is 2.39. The van der Waals surface area contributed by atoms with E-state index in [-0.39, 0.29) is 17.5 Å². The molecule has 26 heavy (non-hydrogen) atoms. The van der Waals surface area contributed by atoms with Gasteiger partial charge in [0, 0.05) is 11.4 Å². The zero-order valence-corrected chi connectivity index (χ0v) is 16.2. The molecule has 8 heteroatoms. The average molecular weight is 411 g/mol. The van der Waals surface area contributed by atoms with Crippen LogP contribution in [0.2, 0.25) is 10.0 Å². The van der Waals surface area contributed by atoms with Crippen molar-refractivity contribution in [2.45, 2.75) is 19.0 Å². The Kier molecular flexibility index (Phi) is 4.17. The standard InChI is InChI=1S/C18H16Cl2N2O3S/c1-11-3-2-4-12(7-11)21-16-9-26(24,25)10-17(16)22(18(21)23)13-5-6-14(19)15(20)8-13/h2-8,16-17H,9-10H2,1H3/t16-,17-/m0/s1. The number of fused-ring (bicyclic) bond motifs is 1. The third kappa shape index (κ3) is 2.86. The Morgan fingerprint density at radius 1 is 0.923 bits per heavy atom. The Morgan fingerprint density at radius 2 is 1.54 bits per heavy atom. The summed E-state index contributed by atoms with van der Waals surface area (Å²) in [4.78, 5) is 16.3. The first-order valence-corrected chi connectivity index (χ1v) is 10.7. The van der Waals surface area contributed by atoms with Crippen molar-refractivity contribution >= 4 is 50.4 Å². The number of hydrogen-bond donors (Lipinski definition) is 0. The van der Waals surface area contributed by atoms with E-state index in [1.807, 2.05) is 31.2 Å². The second-order valence-electron chi connectivity index (χ2n) is 6.67. The smallest absolute Gasteiger partial charge is 0.288 e. The molecule has 2 atom stereocenters. The van der Waals surface area contributed by atoms with E-state index in [1.54, 1.807) is 23.1 Å². The summed E-state index contributed by atoms with van der Waals surface area (Å²) in [5.74, 6) is -0.110. The van der Waals surface area contributed by atoms with Crippen LogP contribution in [0.1, 0.15) is 5.56 Å². The van der Waals surface area contributed by atoms with E-state index < -0.39 is 21.9 Å². The summed E-state index contributed by atoms with van der Waals surface area (Å²) in [5, 5.41) is 0.705. The van der Waals surface area contributed by atoms with Crippen LogP contribution in [0.25, 0.3) is 0 Å². The SMILES string of the molecule is Cc1cccc(N2C(=O)N(c3ccc(Cl)c(Cl)c3)[C@H]3CS(=O)(=O)C[C@@H]32)c1. The summed E-state index contributed by atoms with van der Waals surface area (Å²) in [6.07, 6.45) is 0. The van der Waals surface area contributed by atoms with Gasteiger partial charge in [-0.25, -0.2) is 13.2 Å². The molecule has 2 aromatic carbocycles. The highest BCUT2D eigenvalue weighted by molar-refractivity contribution is 7.91. The van der Waals surface area contributed by atoms with Gasteiger partial charge in [-0.1, -0.05) is 35.3 Å². The number of benzene rings is 2. The van der Waals surface area contributed by atoms with Gasteiger partial charge in [0.1, 0.15) is 0 Å². The van der Waals surface area contributed by atoms with Gasteiger partial charge >= 0.3 is 6.03 Å². The highest BCUT2D eigenvalue weighted by atomic mass is 35.5. The van der Waals surface area contributed by atoms with Crippen molar-refractivity contribution < 1.29 is 13.2 Å². The van der Waals surface area contributed by atoms with Crippen LogP contribution in [-0.4, -0.2) is 38.0 Å². The van der Waals surface area contributed by atoms with Gasteiger partial charge in [-0.05, 0) is 42.8 Å². The third-order valence-corrected chi connectivity index (χ3v) is 7.27. The summed E-state index contributed by atoms with van der Waals surface area (Å²) in [6, 6.07) is 11.3. The van der Waals surface area contributed by atoms with E-state index >= 15 is 0 Å². The molecule has 0 aromatic heterocycles. The van der Waals surface area contributed by atoms with E-state index in [4.69, 9.17) is 23.2 Å². The van der Waals surface area contributed by atoms with E-state index in [2.05, 4.69) is 0 Å². The normalized spacial score (nSPS) is 24.2. The number of carbonyl (C=O) groups is 1. The van der Waals surface area contributed by atoms with Gasteiger partial charge in [0.05, 0.1) is 33.6 Å². The maximum atomic E-state index is 13.2. The zero-order valence-electron chi connectivity index (χ0n) is 13.9. The summed E-state index contributed by atoms with van der Waals surface area (Å²) in [6.45, 7) is 1.93. The van der Waals surface area contributed by atoms with Crippen molar-refractivity contribution in [1.29, 1.82) is 0 Å². The lowest BCUT2D eigenvalue weighted by atomic mass is 10.1. The second kappa shape index (κ2) is 6.15. The topological polar surface area (TPSA) is 57.7 Å². The van der Waals surface area contributed by atoms with Crippen LogP contribution in [-0.2, 0) is 9.84 Å². The zero-order chi connectivity index (χ0) is 18.6. The van der Waals surface area contributed by atoms with Crippen molar-refractivity contribution in [3.63, 3.8) is 0 Å². The molecule has 2 aliphatic rings. The Morgan fingerprint density at radius 3 is 2.12 bits per heavy atom. The van der Waals surface area contributed by atoms with Crippen molar-refractivity contribution in [1.82, 2.24) is 0 Å². The third-order valence-electron chi connectivity index (χ3n) is 4.83. The molecule has 2 saturated heterocycles. The number of anilines is 2. The number of halogens is 2. The number of sulfone groups is 1. The molecule has 2 amide bonds. The van der Waals surface area contributed by atoms with Crippen LogP contribution in [0.4, 0.5) is 16.2 Å². The summed E-state index contributed by atoms with van der Waals surface area (Å²) >= 11 is 12.1. The first-order valence-electron chi connectivity index (χ1n) is 8.11. The second-order valence-corrected chi connectivity index (χ2v) is 9.64. The van der Waals surface area contributed by atoms with Gasteiger partial charge in [-0.15, -0.1) is 0 Å². The van der Waals surface area contributed by atoms with E-state index in [9.17, 15) is 13.2 Å². The molecule has 0 bridgehead atoms. The van der Waals surface area contributed by atoms with Crippen LogP contribution in [0.3, 0.4) is 0 Å². The predicted octanol–water partition coefficient (Wildman–Crippen LogP) is 3.91. The summed E-state index contributed by atoms with van der Waals surface area (Å²) < 4.78 is 24.6. The minimum atomic E-state index is -3.23. The number of rotatable bonds is 2. The monoisotopic (exact) mass is 410 g/mol. The van der Waals surface area contributed by atoms with Crippen molar-refractivity contribution in [3.8, 4) is 0 Å². The lowest BCUT2D eigenvalue weighted by molar-refractivity contribution is 0.255. The van der Waals surface area contributed by atoms with Crippen molar-refractivity contribution in [2.75, 3.05) is 21.3 Å². The molecule has 0 saturated carbocycles. The molecular formula is C18H16Cl2N2O3S. The Hall–Kier alpha value is -1.76. The van der Waals surface area contributed by atoms with Crippen LogP contribution in [0, 0.1) is 6.92 Å². The molecule has 0 aliphatic carbocycles. The van der Waals surface area contributed by atoms with Gasteiger partial charge in [0.15, 0.2) is 9.84 Å². The minimum Gasteiger partial charge on any atom is -0.288 e. The first kappa shape index (κ1) is 17.6. The molecule has 0 unspecified atom stereocenters. The molecular weight excluding hydrogens is 395 g/mol. The quantitative estimate of drug-likeness (QED) is 0.704. The van der Waals surface area contributed by atoms with Gasteiger partial charge in [0.2, 0.25) is 0 Å². The maximum Gasteiger partial charge on any atom is 0.329 e. The number of amides is 2. The Bertz CT molecular complexity index is 1010. The van der Waals surface area contributed by atoms with Crippen LogP contribution in [0.5, 0.6) is 0 Å². The lowest BCUT2D eigenvalue weighted by Gasteiger charge is -2.23. The van der Waals surface area contributed by atoms with Crippen molar-refractivity contribution in [3.05, 3.63) is 58.1 Å². The number of hydrogen-bond acceptors (Lipinski definition) is 3. The fraction of sp³-hybridized carbons (Fsp3) is 0.278. The molecule has 4 rings (SSSR count). The molecule has 2 aromatic rings.